The first-order valence-corrected chi connectivity index (χ1v) is 15.5. The fourth-order valence-corrected chi connectivity index (χ4v) is 12.8. The minimum atomic E-state index is -3.98. The van der Waals surface area contributed by atoms with Gasteiger partial charge in [-0.25, -0.2) is 0 Å². The van der Waals surface area contributed by atoms with Crippen LogP contribution in [0.1, 0.15) is 46.2 Å². The SMILES string of the molecule is Cc1cc(C)c(C)c([O][Zr]([O]c2cc(C)cc(C)c2C)([C]2=CC=CC2)[C]2=CC=CC2)c1. The summed E-state index contributed by atoms with van der Waals surface area (Å²) in [5.41, 5.74) is 7.36. The van der Waals surface area contributed by atoms with Crippen LogP contribution in [-0.2, 0) is 21.1 Å². The van der Waals surface area contributed by atoms with Crippen LogP contribution in [0.25, 0.3) is 0 Å². The molecule has 0 heterocycles. The number of hydrogen-bond acceptors (Lipinski definition) is 2. The molecule has 0 atom stereocenters. The van der Waals surface area contributed by atoms with E-state index >= 15 is 0 Å². The Hall–Kier alpha value is -2.12. The molecule has 0 spiro atoms. The number of allylic oxidation sites excluding steroid dienone is 8. The molecule has 2 nitrogen and oxygen atoms in total. The average molecular weight is 492 g/mol. The maximum absolute atomic E-state index is 7.17. The van der Waals surface area contributed by atoms with Gasteiger partial charge in [-0.15, -0.1) is 0 Å². The van der Waals surface area contributed by atoms with E-state index in [9.17, 15) is 0 Å². The first-order valence-electron chi connectivity index (χ1n) is 11.1. The van der Waals surface area contributed by atoms with Crippen molar-refractivity contribution in [2.24, 2.45) is 0 Å². The van der Waals surface area contributed by atoms with E-state index in [1.165, 1.54) is 39.9 Å². The van der Waals surface area contributed by atoms with E-state index in [2.05, 4.69) is 102 Å². The summed E-state index contributed by atoms with van der Waals surface area (Å²) in [6.07, 6.45) is 15.0. The monoisotopic (exact) mass is 490 g/mol. The van der Waals surface area contributed by atoms with E-state index in [-0.39, 0.29) is 0 Å². The molecule has 0 unspecified atom stereocenters. The second-order valence-electron chi connectivity index (χ2n) is 8.88. The molecule has 0 aliphatic heterocycles. The second kappa shape index (κ2) is 8.79. The van der Waals surface area contributed by atoms with Gasteiger partial charge < -0.3 is 0 Å². The molecule has 0 radical (unpaired) electrons. The molecule has 0 saturated heterocycles. The Bertz CT molecular complexity index is 1060. The van der Waals surface area contributed by atoms with Gasteiger partial charge in [0.25, 0.3) is 0 Å². The van der Waals surface area contributed by atoms with E-state index < -0.39 is 21.1 Å². The molecule has 31 heavy (non-hydrogen) atoms. The quantitative estimate of drug-likeness (QED) is 0.413. The first kappa shape index (κ1) is 22.1. The van der Waals surface area contributed by atoms with Gasteiger partial charge in [0.05, 0.1) is 0 Å². The molecule has 160 valence electrons. The average Bonchev–Trinajstić information content (AvgIpc) is 3.43. The van der Waals surface area contributed by atoms with Gasteiger partial charge in [0.1, 0.15) is 0 Å². The molecule has 3 heteroatoms. The summed E-state index contributed by atoms with van der Waals surface area (Å²) in [6, 6.07) is 8.80. The van der Waals surface area contributed by atoms with Crippen LogP contribution in [-0.4, -0.2) is 0 Å². The molecule has 0 aromatic heterocycles. The van der Waals surface area contributed by atoms with E-state index in [1.54, 1.807) is 0 Å². The molecule has 0 N–H and O–H groups in total. The summed E-state index contributed by atoms with van der Waals surface area (Å²) < 4.78 is 17.0. The number of aryl methyl sites for hydroxylation is 4. The zero-order valence-corrected chi connectivity index (χ0v) is 22.0. The third kappa shape index (κ3) is 4.30. The van der Waals surface area contributed by atoms with Crippen molar-refractivity contribution < 1.29 is 26.8 Å². The predicted octanol–water partition coefficient (Wildman–Crippen LogP) is 7.67. The van der Waals surface area contributed by atoms with E-state index in [1.807, 2.05) is 0 Å². The van der Waals surface area contributed by atoms with Crippen molar-refractivity contribution in [3.8, 4) is 11.5 Å². The molecular formula is C28H32O2Zr. The van der Waals surface area contributed by atoms with Crippen LogP contribution in [0.15, 0.2) is 67.3 Å². The van der Waals surface area contributed by atoms with Crippen molar-refractivity contribution in [3.05, 3.63) is 101 Å². The molecular weight excluding hydrogens is 460 g/mol. The zero-order valence-electron chi connectivity index (χ0n) is 19.5. The van der Waals surface area contributed by atoms with Crippen molar-refractivity contribution in [1.82, 2.24) is 0 Å². The molecule has 0 saturated carbocycles. The number of rotatable bonds is 6. The van der Waals surface area contributed by atoms with Gasteiger partial charge in [0, 0.05) is 0 Å². The summed E-state index contributed by atoms with van der Waals surface area (Å²) >= 11 is -3.98. The van der Waals surface area contributed by atoms with Gasteiger partial charge in [-0.05, 0) is 0 Å². The zero-order chi connectivity index (χ0) is 22.2. The van der Waals surface area contributed by atoms with Gasteiger partial charge in [-0.3, -0.25) is 0 Å². The Labute approximate surface area is 192 Å². The summed E-state index contributed by atoms with van der Waals surface area (Å²) in [5.74, 6) is 1.94. The van der Waals surface area contributed by atoms with Gasteiger partial charge in [0.15, 0.2) is 0 Å². The maximum atomic E-state index is 7.17. The van der Waals surface area contributed by atoms with Crippen LogP contribution < -0.4 is 5.63 Å². The van der Waals surface area contributed by atoms with Gasteiger partial charge in [-0.1, -0.05) is 0 Å². The first-order chi connectivity index (χ1) is 14.8. The number of hydrogen-bond donors (Lipinski definition) is 0. The fourth-order valence-electron chi connectivity index (χ4n) is 4.40. The Balaban J connectivity index is 1.90. The van der Waals surface area contributed by atoms with Crippen LogP contribution >= 0.6 is 0 Å². The van der Waals surface area contributed by atoms with Crippen LogP contribution in [0.4, 0.5) is 0 Å². The van der Waals surface area contributed by atoms with Crippen LogP contribution in [0.5, 0.6) is 11.5 Å². The van der Waals surface area contributed by atoms with Crippen molar-refractivity contribution in [3.63, 3.8) is 0 Å². The molecule has 2 aliphatic rings. The van der Waals surface area contributed by atoms with Crippen molar-refractivity contribution >= 4 is 0 Å². The normalized spacial score (nSPS) is 15.3. The molecule has 0 amide bonds. The van der Waals surface area contributed by atoms with Crippen LogP contribution in [0.3, 0.4) is 0 Å². The Morgan fingerprint density at radius 1 is 0.613 bits per heavy atom. The molecule has 4 rings (SSSR count). The van der Waals surface area contributed by atoms with Gasteiger partial charge in [0.2, 0.25) is 0 Å². The topological polar surface area (TPSA) is 18.5 Å². The Kier molecular flexibility index (Phi) is 6.26. The number of benzene rings is 2. The Morgan fingerprint density at radius 2 is 1.03 bits per heavy atom. The fraction of sp³-hybridized carbons (Fsp3) is 0.286. The van der Waals surface area contributed by atoms with Crippen molar-refractivity contribution in [2.75, 3.05) is 0 Å². The second-order valence-corrected chi connectivity index (χ2v) is 16.1. The summed E-state index contributed by atoms with van der Waals surface area (Å²) in [7, 11) is 0. The summed E-state index contributed by atoms with van der Waals surface area (Å²) in [4.78, 5) is 0. The molecule has 2 aromatic rings. The molecule has 0 bridgehead atoms. The molecule has 0 fully saturated rings. The van der Waals surface area contributed by atoms with Crippen LogP contribution in [0, 0.1) is 41.5 Å². The summed E-state index contributed by atoms with van der Waals surface area (Å²) in [5, 5.41) is 0. The van der Waals surface area contributed by atoms with E-state index in [4.69, 9.17) is 5.63 Å². The van der Waals surface area contributed by atoms with Crippen molar-refractivity contribution in [2.45, 2.75) is 54.4 Å². The third-order valence-corrected chi connectivity index (χ3v) is 14.9. The standard InChI is InChI=1S/2C9H12O.2C5H5.Zr/c2*1-6-4-7(2)8(3)9(10)5-6;2*1-2-4-5-3-1;/h2*4-5,10H,1-3H3;2*1-3H,4H2;/q;;;;+2/p-2. The van der Waals surface area contributed by atoms with Crippen LogP contribution in [0.2, 0.25) is 0 Å². The van der Waals surface area contributed by atoms with Gasteiger partial charge in [-0.2, -0.15) is 0 Å². The minimum absolute atomic E-state index is 0.904. The third-order valence-electron chi connectivity index (χ3n) is 6.42. The Morgan fingerprint density at radius 3 is 1.39 bits per heavy atom. The van der Waals surface area contributed by atoms with E-state index in [0.29, 0.717) is 0 Å². The molecule has 2 aliphatic carbocycles. The van der Waals surface area contributed by atoms with Crippen molar-refractivity contribution in [1.29, 1.82) is 0 Å². The molecule has 2 aromatic carbocycles. The predicted molar refractivity (Wildman–Crippen MR) is 126 cm³/mol. The van der Waals surface area contributed by atoms with E-state index in [0.717, 1.165) is 24.3 Å². The summed E-state index contributed by atoms with van der Waals surface area (Å²) in [6.45, 7) is 12.9. The van der Waals surface area contributed by atoms with Gasteiger partial charge >= 0.3 is 193 Å².